The predicted molar refractivity (Wildman–Crippen MR) is 139 cm³/mol. The van der Waals surface area contributed by atoms with Crippen LogP contribution in [0.3, 0.4) is 0 Å². The number of anilines is 1. The van der Waals surface area contributed by atoms with Crippen molar-refractivity contribution >= 4 is 51.2 Å². The van der Waals surface area contributed by atoms with Gasteiger partial charge in [-0.05, 0) is 87.4 Å². The molecule has 4 rings (SSSR count). The summed E-state index contributed by atoms with van der Waals surface area (Å²) in [5.41, 5.74) is 6.59. The van der Waals surface area contributed by atoms with E-state index in [1.165, 1.54) is 7.11 Å². The minimum atomic E-state index is -0.545. The van der Waals surface area contributed by atoms with Gasteiger partial charge in [-0.25, -0.2) is 4.79 Å². The van der Waals surface area contributed by atoms with Gasteiger partial charge in [-0.3, -0.25) is 9.69 Å². The highest BCUT2D eigenvalue weighted by Crippen LogP contribution is 2.37. The van der Waals surface area contributed by atoms with Gasteiger partial charge in [0.05, 0.1) is 18.3 Å². The van der Waals surface area contributed by atoms with Gasteiger partial charge < -0.3 is 9.30 Å². The van der Waals surface area contributed by atoms with Gasteiger partial charge >= 0.3 is 5.97 Å². The average molecular weight is 540 g/mol. The van der Waals surface area contributed by atoms with Gasteiger partial charge in [0.2, 0.25) is 0 Å². The molecule has 7 heteroatoms. The molecule has 0 saturated heterocycles. The summed E-state index contributed by atoms with van der Waals surface area (Å²) < 4.78 is 8.04. The van der Waals surface area contributed by atoms with E-state index in [9.17, 15) is 9.59 Å². The number of carbonyl (C=O) groups is 2. The monoisotopic (exact) mass is 538 g/mol. The highest BCUT2D eigenvalue weighted by atomic mass is 79.9. The molecule has 0 radical (unpaired) electrons. The second-order valence-electron chi connectivity index (χ2n) is 8.22. The van der Waals surface area contributed by atoms with Crippen LogP contribution in [0.4, 0.5) is 5.69 Å². The van der Waals surface area contributed by atoms with Crippen LogP contribution in [0.1, 0.15) is 29.4 Å². The quantitative estimate of drug-likeness (QED) is 0.274. The molecule has 0 unspecified atom stereocenters. The number of esters is 1. The molecule has 0 fully saturated rings. The van der Waals surface area contributed by atoms with Crippen molar-refractivity contribution in [2.75, 3.05) is 12.0 Å². The first-order valence-corrected chi connectivity index (χ1v) is 11.9. The van der Waals surface area contributed by atoms with Gasteiger partial charge in [0.1, 0.15) is 0 Å². The molecule has 0 atom stereocenters. The first-order chi connectivity index (χ1) is 16.1. The zero-order valence-corrected chi connectivity index (χ0v) is 21.9. The van der Waals surface area contributed by atoms with Crippen molar-refractivity contribution < 1.29 is 14.3 Å². The van der Waals surface area contributed by atoms with E-state index in [4.69, 9.17) is 16.3 Å². The fraction of sp³-hybridized carbons (Fsp3) is 0.185. The van der Waals surface area contributed by atoms with E-state index in [0.29, 0.717) is 22.0 Å². The molecule has 0 saturated carbocycles. The number of allylic oxidation sites excluding steroid dienone is 1. The molecule has 0 spiro atoms. The minimum absolute atomic E-state index is 0.263. The average Bonchev–Trinajstić information content (AvgIpc) is 3.22. The SMILES string of the molecule is COC(=O)C1=C(C)N(c2ccc(Br)cc2)C(=O)/C1=C\c1cc(C)n(-c2cc(Cl)ccc2C)c1C. The number of amides is 1. The molecule has 1 aliphatic rings. The Morgan fingerprint density at radius 1 is 1.03 bits per heavy atom. The largest absolute Gasteiger partial charge is 0.465 e. The molecule has 2 aromatic carbocycles. The normalized spacial score (nSPS) is 15.0. The molecule has 5 nitrogen and oxygen atoms in total. The Bertz CT molecular complexity index is 1380. The van der Waals surface area contributed by atoms with Crippen molar-refractivity contribution in [3.05, 3.63) is 97.4 Å². The second kappa shape index (κ2) is 9.28. The van der Waals surface area contributed by atoms with Gasteiger partial charge in [-0.2, -0.15) is 0 Å². The Hall–Kier alpha value is -3.09. The van der Waals surface area contributed by atoms with Crippen LogP contribution < -0.4 is 4.90 Å². The molecular formula is C27H24BrClN2O3. The maximum atomic E-state index is 13.6. The van der Waals surface area contributed by atoms with Crippen LogP contribution in [-0.2, 0) is 14.3 Å². The molecule has 34 heavy (non-hydrogen) atoms. The van der Waals surface area contributed by atoms with Gasteiger partial charge in [-0.15, -0.1) is 0 Å². The molecular weight excluding hydrogens is 516 g/mol. The van der Waals surface area contributed by atoms with Gasteiger partial charge in [0, 0.05) is 38.0 Å². The molecule has 0 aliphatic carbocycles. The van der Waals surface area contributed by atoms with Crippen LogP contribution in [0.5, 0.6) is 0 Å². The Morgan fingerprint density at radius 2 is 1.71 bits per heavy atom. The number of aryl methyl sites for hydroxylation is 2. The maximum Gasteiger partial charge on any atom is 0.340 e. The number of aromatic nitrogens is 1. The third-order valence-corrected chi connectivity index (χ3v) is 6.82. The lowest BCUT2D eigenvalue weighted by Gasteiger charge is -2.18. The van der Waals surface area contributed by atoms with Crippen molar-refractivity contribution in [1.29, 1.82) is 0 Å². The van der Waals surface area contributed by atoms with Crippen molar-refractivity contribution in [2.24, 2.45) is 0 Å². The number of rotatable bonds is 4. The van der Waals surface area contributed by atoms with Crippen molar-refractivity contribution in [2.45, 2.75) is 27.7 Å². The highest BCUT2D eigenvalue weighted by molar-refractivity contribution is 9.10. The summed E-state index contributed by atoms with van der Waals surface area (Å²) in [6.45, 7) is 7.77. The van der Waals surface area contributed by atoms with E-state index in [1.807, 2.05) is 69.3 Å². The fourth-order valence-corrected chi connectivity index (χ4v) is 4.80. The van der Waals surface area contributed by atoms with Crippen LogP contribution in [0, 0.1) is 20.8 Å². The number of carbonyl (C=O) groups excluding carboxylic acids is 2. The van der Waals surface area contributed by atoms with Crippen LogP contribution in [-0.4, -0.2) is 23.6 Å². The number of benzene rings is 2. The molecule has 1 aromatic heterocycles. The smallest absolute Gasteiger partial charge is 0.340 e. The minimum Gasteiger partial charge on any atom is -0.465 e. The van der Waals surface area contributed by atoms with Crippen molar-refractivity contribution in [3.63, 3.8) is 0 Å². The molecule has 3 aromatic rings. The van der Waals surface area contributed by atoms with E-state index in [2.05, 4.69) is 20.5 Å². The topological polar surface area (TPSA) is 51.5 Å². The molecule has 174 valence electrons. The third-order valence-electron chi connectivity index (χ3n) is 6.06. The van der Waals surface area contributed by atoms with Crippen LogP contribution >= 0.6 is 27.5 Å². The summed E-state index contributed by atoms with van der Waals surface area (Å²) in [7, 11) is 1.32. The Morgan fingerprint density at radius 3 is 2.35 bits per heavy atom. The van der Waals surface area contributed by atoms with Crippen LogP contribution in [0.25, 0.3) is 11.8 Å². The summed E-state index contributed by atoms with van der Waals surface area (Å²) in [5, 5.41) is 0.649. The Labute approximate surface area is 212 Å². The van der Waals surface area contributed by atoms with E-state index >= 15 is 0 Å². The van der Waals surface area contributed by atoms with Crippen LogP contribution in [0.2, 0.25) is 5.02 Å². The maximum absolute atomic E-state index is 13.6. The first-order valence-electron chi connectivity index (χ1n) is 10.7. The molecule has 2 heterocycles. The van der Waals surface area contributed by atoms with E-state index in [-0.39, 0.29) is 11.5 Å². The zero-order valence-electron chi connectivity index (χ0n) is 19.6. The lowest BCUT2D eigenvalue weighted by atomic mass is 10.0. The number of hydrogen-bond donors (Lipinski definition) is 0. The summed E-state index contributed by atoms with van der Waals surface area (Å²) in [4.78, 5) is 27.9. The molecule has 1 amide bonds. The van der Waals surface area contributed by atoms with Crippen molar-refractivity contribution in [3.8, 4) is 5.69 Å². The summed E-state index contributed by atoms with van der Waals surface area (Å²) in [6, 6.07) is 15.1. The number of nitrogens with zero attached hydrogens (tertiary/aromatic N) is 2. The Kier molecular flexibility index (Phi) is 6.56. The van der Waals surface area contributed by atoms with Gasteiger partial charge in [0.15, 0.2) is 0 Å². The summed E-state index contributed by atoms with van der Waals surface area (Å²) in [6.07, 6.45) is 1.77. The summed E-state index contributed by atoms with van der Waals surface area (Å²) >= 11 is 9.69. The lowest BCUT2D eigenvalue weighted by molar-refractivity contribution is -0.136. The highest BCUT2D eigenvalue weighted by Gasteiger charge is 2.38. The first kappa shape index (κ1) is 24.0. The van der Waals surface area contributed by atoms with Gasteiger partial charge in [-0.1, -0.05) is 33.6 Å². The number of methoxy groups -OCH3 is 1. The number of halogens is 2. The molecule has 1 aliphatic heterocycles. The zero-order chi connectivity index (χ0) is 24.7. The van der Waals surface area contributed by atoms with Gasteiger partial charge in [0.25, 0.3) is 5.91 Å². The van der Waals surface area contributed by atoms with Crippen molar-refractivity contribution in [1.82, 2.24) is 4.57 Å². The summed E-state index contributed by atoms with van der Waals surface area (Å²) in [5.74, 6) is -0.819. The fourth-order valence-electron chi connectivity index (χ4n) is 4.36. The van der Waals surface area contributed by atoms with E-state index < -0.39 is 5.97 Å². The van der Waals surface area contributed by atoms with E-state index in [0.717, 1.165) is 32.7 Å². The molecule has 0 N–H and O–H groups in total. The molecule has 0 bridgehead atoms. The van der Waals surface area contributed by atoms with E-state index in [1.54, 1.807) is 17.9 Å². The predicted octanol–water partition coefficient (Wildman–Crippen LogP) is 6.70. The third kappa shape index (κ3) is 4.12. The standard InChI is InChI=1S/C27H24BrClN2O3/c1-15-6-9-21(29)14-24(15)30-16(2)12-19(17(30)3)13-23-25(27(33)34-5)18(4)31(26(23)32)22-10-7-20(28)8-11-22/h6-14H,1-5H3/b23-13-. The number of hydrogen-bond acceptors (Lipinski definition) is 3. The lowest BCUT2D eigenvalue weighted by Crippen LogP contribution is -2.24. The number of ether oxygens (including phenoxy) is 1. The Balaban J connectivity index is 1.86. The second-order valence-corrected chi connectivity index (χ2v) is 9.57. The van der Waals surface area contributed by atoms with Crippen LogP contribution in [0.15, 0.2) is 69.8 Å².